The summed E-state index contributed by atoms with van der Waals surface area (Å²) in [6.07, 6.45) is 3.77. The van der Waals surface area contributed by atoms with Crippen molar-refractivity contribution in [1.82, 2.24) is 0 Å². The van der Waals surface area contributed by atoms with Crippen LogP contribution in [0.2, 0.25) is 0 Å². The second-order valence-corrected chi connectivity index (χ2v) is 6.89. The van der Waals surface area contributed by atoms with Crippen LogP contribution in [0.4, 0.5) is 15.8 Å². The van der Waals surface area contributed by atoms with Crippen LogP contribution in [0.1, 0.15) is 31.9 Å². The van der Waals surface area contributed by atoms with E-state index in [0.29, 0.717) is 5.56 Å². The number of halogens is 1. The van der Waals surface area contributed by atoms with Gasteiger partial charge in [-0.1, -0.05) is 12.1 Å². The highest BCUT2D eigenvalue weighted by atomic mass is 19.1. The lowest BCUT2D eigenvalue weighted by Crippen LogP contribution is -2.42. The molecule has 1 heterocycles. The number of likely N-dealkylation sites (N-methyl/N-ethyl adjacent to an activating group) is 1. The fourth-order valence-corrected chi connectivity index (χ4v) is 3.12. The number of aliphatic imine (C=N–C) groups is 1. The average molecular weight is 338 g/mol. The lowest BCUT2D eigenvalue weighted by molar-refractivity contribution is 0.415. The van der Waals surface area contributed by atoms with Gasteiger partial charge in [0, 0.05) is 36.1 Å². The van der Waals surface area contributed by atoms with E-state index >= 15 is 0 Å². The van der Waals surface area contributed by atoms with Gasteiger partial charge >= 0.3 is 0 Å². The van der Waals surface area contributed by atoms with Crippen LogP contribution in [0.5, 0.6) is 5.75 Å². The Morgan fingerprint density at radius 2 is 1.96 bits per heavy atom. The largest absolute Gasteiger partial charge is 0.497 e. The monoisotopic (exact) mass is 338 g/mol. The molecule has 1 aliphatic heterocycles. The third-order valence-electron chi connectivity index (χ3n) is 4.74. The molecule has 0 N–H and O–H groups in total. The van der Waals surface area contributed by atoms with Crippen LogP contribution in [0.15, 0.2) is 47.5 Å². The topological polar surface area (TPSA) is 24.8 Å². The summed E-state index contributed by atoms with van der Waals surface area (Å²) < 4.78 is 19.8. The quantitative estimate of drug-likeness (QED) is 0.717. The molecule has 0 saturated heterocycles. The Balaban J connectivity index is 1.99. The van der Waals surface area contributed by atoms with Crippen molar-refractivity contribution in [3.8, 4) is 5.75 Å². The molecule has 0 atom stereocenters. The van der Waals surface area contributed by atoms with Gasteiger partial charge in [-0.15, -0.1) is 0 Å². The van der Waals surface area contributed by atoms with Crippen LogP contribution in [0.3, 0.4) is 0 Å². The van der Waals surface area contributed by atoms with Crippen LogP contribution in [-0.2, 0) is 0 Å². The van der Waals surface area contributed by atoms with Gasteiger partial charge in [0.25, 0.3) is 0 Å². The first-order chi connectivity index (χ1) is 11.8. The maximum Gasteiger partial charge on any atom is 0.134 e. The minimum atomic E-state index is -0.275. The predicted octanol–water partition coefficient (Wildman–Crippen LogP) is 5.22. The third kappa shape index (κ3) is 3.29. The molecule has 1 aliphatic rings. The highest BCUT2D eigenvalue weighted by Gasteiger charge is 2.29. The van der Waals surface area contributed by atoms with Gasteiger partial charge in [-0.2, -0.15) is 0 Å². The molecule has 0 saturated carbocycles. The summed E-state index contributed by atoms with van der Waals surface area (Å²) in [5.41, 5.74) is 4.15. The molecule has 25 heavy (non-hydrogen) atoms. The van der Waals surface area contributed by atoms with Crippen molar-refractivity contribution in [2.45, 2.75) is 26.3 Å². The van der Waals surface area contributed by atoms with E-state index in [-0.39, 0.29) is 11.4 Å². The van der Waals surface area contributed by atoms with Gasteiger partial charge in [0.15, 0.2) is 0 Å². The van der Waals surface area contributed by atoms with Crippen LogP contribution in [0.25, 0.3) is 5.57 Å². The molecule has 2 aromatic rings. The Hall–Kier alpha value is -2.62. The van der Waals surface area contributed by atoms with E-state index in [9.17, 15) is 4.39 Å². The van der Waals surface area contributed by atoms with Gasteiger partial charge < -0.3 is 9.64 Å². The van der Waals surface area contributed by atoms with Crippen LogP contribution < -0.4 is 9.64 Å². The Morgan fingerprint density at radius 3 is 2.68 bits per heavy atom. The van der Waals surface area contributed by atoms with Gasteiger partial charge in [0.05, 0.1) is 18.3 Å². The average Bonchev–Trinajstić information content (AvgIpc) is 2.58. The van der Waals surface area contributed by atoms with E-state index < -0.39 is 0 Å². The maximum atomic E-state index is 14.6. The molecule has 2 aromatic carbocycles. The third-order valence-corrected chi connectivity index (χ3v) is 4.74. The summed E-state index contributed by atoms with van der Waals surface area (Å²) >= 11 is 0. The summed E-state index contributed by atoms with van der Waals surface area (Å²) in [5.74, 6) is 0.450. The number of benzene rings is 2. The zero-order valence-electron chi connectivity index (χ0n) is 15.3. The van der Waals surface area contributed by atoms with Crippen molar-refractivity contribution in [2.75, 3.05) is 19.1 Å². The van der Waals surface area contributed by atoms with E-state index in [0.717, 1.165) is 28.3 Å². The first kappa shape index (κ1) is 17.2. The van der Waals surface area contributed by atoms with E-state index in [1.807, 2.05) is 37.4 Å². The first-order valence-electron chi connectivity index (χ1n) is 8.27. The molecule has 0 bridgehead atoms. The molecular formula is C21H23FN2O. The first-order valence-corrected chi connectivity index (χ1v) is 8.27. The Morgan fingerprint density at radius 1 is 1.20 bits per heavy atom. The Labute approximate surface area is 148 Å². The number of rotatable bonds is 3. The molecule has 0 amide bonds. The van der Waals surface area contributed by atoms with Crippen molar-refractivity contribution in [2.24, 2.45) is 4.99 Å². The summed E-state index contributed by atoms with van der Waals surface area (Å²) in [6.45, 7) is 6.31. The molecule has 4 heteroatoms. The number of hydrogen-bond donors (Lipinski definition) is 0. The highest BCUT2D eigenvalue weighted by Crippen LogP contribution is 2.38. The van der Waals surface area contributed by atoms with Gasteiger partial charge in [-0.25, -0.2) is 4.39 Å². The number of hydrogen-bond acceptors (Lipinski definition) is 3. The number of allylic oxidation sites excluding steroid dienone is 1. The minimum Gasteiger partial charge on any atom is -0.497 e. The molecule has 3 rings (SSSR count). The zero-order valence-corrected chi connectivity index (χ0v) is 15.3. The molecule has 0 unspecified atom stereocenters. The summed E-state index contributed by atoms with van der Waals surface area (Å²) in [6, 6.07) is 10.8. The van der Waals surface area contributed by atoms with Gasteiger partial charge in [-0.3, -0.25) is 4.99 Å². The fourth-order valence-electron chi connectivity index (χ4n) is 3.12. The van der Waals surface area contributed by atoms with Crippen molar-refractivity contribution in [3.63, 3.8) is 0 Å². The molecule has 0 radical (unpaired) electrons. The smallest absolute Gasteiger partial charge is 0.134 e. The van der Waals surface area contributed by atoms with Crippen LogP contribution >= 0.6 is 0 Å². The van der Waals surface area contributed by atoms with Crippen molar-refractivity contribution in [1.29, 1.82) is 0 Å². The SMILES string of the molecule is COc1cccc(N=Cc2cc3c(cc2F)N(C)C(C)(C)C=C3C)c1. The van der Waals surface area contributed by atoms with E-state index in [1.54, 1.807) is 19.4 Å². The van der Waals surface area contributed by atoms with Crippen LogP contribution in [-0.4, -0.2) is 25.9 Å². The lowest BCUT2D eigenvalue weighted by Gasteiger charge is -2.40. The molecule has 130 valence electrons. The van der Waals surface area contributed by atoms with Crippen molar-refractivity contribution in [3.05, 3.63) is 59.4 Å². The van der Waals surface area contributed by atoms with Crippen LogP contribution in [0, 0.1) is 5.82 Å². The van der Waals surface area contributed by atoms with Crippen molar-refractivity contribution < 1.29 is 9.13 Å². The highest BCUT2D eigenvalue weighted by molar-refractivity contribution is 5.89. The van der Waals surface area contributed by atoms with E-state index in [2.05, 4.69) is 36.7 Å². The minimum absolute atomic E-state index is 0.139. The van der Waals surface area contributed by atoms with E-state index in [1.165, 1.54) is 0 Å². The fraction of sp³-hybridized carbons (Fsp3) is 0.286. The Kier molecular flexibility index (Phi) is 4.38. The number of nitrogens with zero attached hydrogens (tertiary/aromatic N) is 2. The molecule has 0 fully saturated rings. The number of fused-ring (bicyclic) bond motifs is 1. The summed E-state index contributed by atoms with van der Waals surface area (Å²) in [7, 11) is 3.60. The number of ether oxygens (including phenoxy) is 1. The summed E-state index contributed by atoms with van der Waals surface area (Å²) in [4.78, 5) is 6.49. The second-order valence-electron chi connectivity index (χ2n) is 6.89. The normalized spacial score (nSPS) is 15.9. The lowest BCUT2D eigenvalue weighted by atomic mass is 9.88. The van der Waals surface area contributed by atoms with Crippen molar-refractivity contribution >= 4 is 23.2 Å². The predicted molar refractivity (Wildman–Crippen MR) is 103 cm³/mol. The molecule has 0 aliphatic carbocycles. The van der Waals surface area contributed by atoms with Gasteiger partial charge in [-0.05, 0) is 50.6 Å². The second kappa shape index (κ2) is 6.36. The van der Waals surface area contributed by atoms with E-state index in [4.69, 9.17) is 4.74 Å². The molecule has 0 spiro atoms. The van der Waals surface area contributed by atoms with Gasteiger partial charge in [0.2, 0.25) is 0 Å². The maximum absolute atomic E-state index is 14.6. The molecule has 3 nitrogen and oxygen atoms in total. The summed E-state index contributed by atoms with van der Waals surface area (Å²) in [5, 5.41) is 0. The van der Waals surface area contributed by atoms with Gasteiger partial charge in [0.1, 0.15) is 11.6 Å². The number of anilines is 1. The zero-order chi connectivity index (χ0) is 18.2. The molecular weight excluding hydrogens is 315 g/mol. The Bertz CT molecular complexity index is 868. The standard InChI is InChI=1S/C21H23FN2O/c1-14-12-21(2,3)24(4)20-11-19(22)15(9-18(14)20)13-23-16-7-6-8-17(10-16)25-5/h6-13H,1-5H3. The molecule has 0 aromatic heterocycles. The number of methoxy groups -OCH3 is 1.